The second kappa shape index (κ2) is 4.70. The van der Waals surface area contributed by atoms with Crippen LogP contribution in [-0.2, 0) is 0 Å². The molecule has 1 heterocycles. The maximum absolute atomic E-state index is 10.7. The van der Waals surface area contributed by atoms with Crippen molar-refractivity contribution in [3.05, 3.63) is 34.5 Å². The third-order valence-corrected chi connectivity index (χ3v) is 2.94. The Bertz CT molecular complexity index is 606. The van der Waals surface area contributed by atoms with E-state index in [1.165, 1.54) is 13.2 Å². The van der Waals surface area contributed by atoms with Crippen molar-refractivity contribution in [2.24, 2.45) is 0 Å². The molecule has 1 aromatic carbocycles. The second-order valence-corrected chi connectivity index (χ2v) is 4.07. The van der Waals surface area contributed by atoms with Crippen molar-refractivity contribution in [2.45, 2.75) is 6.92 Å². The molecule has 2 aromatic rings. The van der Waals surface area contributed by atoms with E-state index in [2.05, 4.69) is 5.16 Å². The number of carboxylic acid groups (broad SMARTS) is 1. The Labute approximate surface area is 108 Å². The van der Waals surface area contributed by atoms with E-state index in [-0.39, 0.29) is 5.76 Å². The van der Waals surface area contributed by atoms with Crippen LogP contribution in [0.3, 0.4) is 0 Å². The van der Waals surface area contributed by atoms with Crippen LogP contribution in [0.5, 0.6) is 5.75 Å². The molecule has 0 aliphatic rings. The zero-order valence-electron chi connectivity index (χ0n) is 9.73. The highest BCUT2D eigenvalue weighted by atomic mass is 35.5. The number of rotatable bonds is 3. The Morgan fingerprint density at radius 3 is 2.72 bits per heavy atom. The van der Waals surface area contributed by atoms with E-state index in [0.717, 1.165) is 5.56 Å². The minimum Gasteiger partial charge on any atom is -0.497 e. The van der Waals surface area contributed by atoms with Crippen LogP contribution in [0.4, 0.5) is 0 Å². The molecule has 1 N–H and O–H groups in total. The molecular formula is C12H10ClNO4. The molecule has 0 aliphatic heterocycles. The lowest BCUT2D eigenvalue weighted by Gasteiger charge is -2.07. The van der Waals surface area contributed by atoms with E-state index in [1.807, 2.05) is 6.92 Å². The molecule has 1 aromatic heterocycles. The average Bonchev–Trinajstić information content (AvgIpc) is 2.82. The summed E-state index contributed by atoms with van der Waals surface area (Å²) in [5.41, 5.74) is 1.86. The fourth-order valence-electron chi connectivity index (χ4n) is 1.54. The van der Waals surface area contributed by atoms with Crippen molar-refractivity contribution in [3.63, 3.8) is 0 Å². The van der Waals surface area contributed by atoms with Crippen LogP contribution in [-0.4, -0.2) is 23.3 Å². The Kier molecular flexibility index (Phi) is 3.25. The summed E-state index contributed by atoms with van der Waals surface area (Å²) in [5.74, 6) is -0.816. The van der Waals surface area contributed by atoms with Gasteiger partial charge in [-0.1, -0.05) is 16.8 Å². The topological polar surface area (TPSA) is 72.6 Å². The minimum absolute atomic E-state index is 0.219. The van der Waals surface area contributed by atoms with E-state index in [4.69, 9.17) is 26.0 Å². The molecule has 0 fully saturated rings. The number of ether oxygens (including phenoxy) is 1. The molecule has 0 saturated heterocycles. The quantitative estimate of drug-likeness (QED) is 0.925. The van der Waals surface area contributed by atoms with Gasteiger partial charge in [0, 0.05) is 16.7 Å². The number of aromatic nitrogens is 1. The summed E-state index contributed by atoms with van der Waals surface area (Å²) in [6, 6.07) is 4.75. The van der Waals surface area contributed by atoms with Gasteiger partial charge in [-0.25, -0.2) is 4.79 Å². The fraction of sp³-hybridized carbons (Fsp3) is 0.167. The van der Waals surface area contributed by atoms with Crippen molar-refractivity contribution < 1.29 is 19.2 Å². The predicted molar refractivity (Wildman–Crippen MR) is 65.2 cm³/mol. The Morgan fingerprint density at radius 2 is 2.17 bits per heavy atom. The molecule has 0 amide bonds. The highest BCUT2D eigenvalue weighted by Crippen LogP contribution is 2.32. The van der Waals surface area contributed by atoms with Crippen LogP contribution in [0, 0.1) is 6.92 Å². The van der Waals surface area contributed by atoms with E-state index in [1.54, 1.807) is 12.1 Å². The van der Waals surface area contributed by atoms with Gasteiger partial charge in [-0.3, -0.25) is 0 Å². The normalized spacial score (nSPS) is 10.4. The summed E-state index contributed by atoms with van der Waals surface area (Å²) in [5, 5.41) is 13.0. The van der Waals surface area contributed by atoms with Crippen LogP contribution in [0.2, 0.25) is 5.02 Å². The van der Waals surface area contributed by atoms with E-state index >= 15 is 0 Å². The molecular weight excluding hydrogens is 258 g/mol. The van der Waals surface area contributed by atoms with Crippen molar-refractivity contribution in [1.82, 2.24) is 5.16 Å². The lowest BCUT2D eigenvalue weighted by Crippen LogP contribution is -1.92. The molecule has 0 saturated carbocycles. The lowest BCUT2D eigenvalue weighted by atomic mass is 10.1. The molecule has 0 bridgehead atoms. The van der Waals surface area contributed by atoms with Gasteiger partial charge in [0.2, 0.25) is 5.76 Å². The first-order valence-electron chi connectivity index (χ1n) is 5.07. The third-order valence-electron chi connectivity index (χ3n) is 2.55. The molecule has 5 nitrogen and oxygen atoms in total. The summed E-state index contributed by atoms with van der Waals surface area (Å²) < 4.78 is 9.82. The Hall–Kier alpha value is -2.01. The minimum atomic E-state index is -1.17. The summed E-state index contributed by atoms with van der Waals surface area (Å²) >= 11 is 6.06. The van der Waals surface area contributed by atoms with Crippen molar-refractivity contribution in [1.29, 1.82) is 0 Å². The van der Waals surface area contributed by atoms with Crippen LogP contribution in [0.15, 0.2) is 22.7 Å². The van der Waals surface area contributed by atoms with Gasteiger partial charge in [-0.2, -0.15) is 0 Å². The predicted octanol–water partition coefficient (Wildman–Crippen LogP) is 3.01. The zero-order chi connectivity index (χ0) is 13.3. The molecule has 0 aliphatic carbocycles. The van der Waals surface area contributed by atoms with Crippen molar-refractivity contribution >= 4 is 17.6 Å². The SMILES string of the molecule is COc1cc(Cl)c(C)c(-c2cc(C(=O)O)on2)c1. The standard InChI is InChI=1S/C12H10ClNO4/c1-6-8(3-7(17-2)4-9(6)13)10-5-11(12(15)16)18-14-10/h3-5H,1-2H3,(H,15,16). The van der Waals surface area contributed by atoms with Gasteiger partial charge >= 0.3 is 5.97 Å². The molecule has 94 valence electrons. The van der Waals surface area contributed by atoms with Gasteiger partial charge in [-0.15, -0.1) is 0 Å². The average molecular weight is 268 g/mol. The molecule has 6 heteroatoms. The van der Waals surface area contributed by atoms with Crippen LogP contribution in [0.1, 0.15) is 16.1 Å². The monoisotopic (exact) mass is 267 g/mol. The number of hydrogen-bond donors (Lipinski definition) is 1. The fourth-order valence-corrected chi connectivity index (χ4v) is 1.75. The smallest absolute Gasteiger partial charge is 0.374 e. The van der Waals surface area contributed by atoms with Crippen molar-refractivity contribution in [2.75, 3.05) is 7.11 Å². The van der Waals surface area contributed by atoms with E-state index in [9.17, 15) is 4.79 Å². The van der Waals surface area contributed by atoms with Gasteiger partial charge in [0.1, 0.15) is 11.4 Å². The number of halogens is 1. The number of benzene rings is 1. The van der Waals surface area contributed by atoms with Gasteiger partial charge in [0.15, 0.2) is 0 Å². The first-order chi connectivity index (χ1) is 8.52. The van der Waals surface area contributed by atoms with Gasteiger partial charge in [-0.05, 0) is 24.6 Å². The maximum atomic E-state index is 10.7. The second-order valence-electron chi connectivity index (χ2n) is 3.66. The molecule has 0 spiro atoms. The summed E-state index contributed by atoms with van der Waals surface area (Å²) in [4.78, 5) is 10.7. The molecule has 0 atom stereocenters. The number of methoxy groups -OCH3 is 1. The Morgan fingerprint density at radius 1 is 1.44 bits per heavy atom. The number of hydrogen-bond acceptors (Lipinski definition) is 4. The number of carbonyl (C=O) groups is 1. The first kappa shape index (κ1) is 12.4. The number of carboxylic acids is 1. The summed E-state index contributed by atoms with van der Waals surface area (Å²) in [7, 11) is 1.52. The lowest BCUT2D eigenvalue weighted by molar-refractivity contribution is 0.0652. The van der Waals surface area contributed by atoms with Crippen molar-refractivity contribution in [3.8, 4) is 17.0 Å². The molecule has 2 rings (SSSR count). The van der Waals surface area contributed by atoms with Crippen LogP contribution >= 0.6 is 11.6 Å². The van der Waals surface area contributed by atoms with Crippen LogP contribution in [0.25, 0.3) is 11.3 Å². The highest BCUT2D eigenvalue weighted by Gasteiger charge is 2.16. The largest absolute Gasteiger partial charge is 0.497 e. The summed E-state index contributed by atoms with van der Waals surface area (Å²) in [6.45, 7) is 1.81. The molecule has 0 unspecified atom stereocenters. The first-order valence-corrected chi connectivity index (χ1v) is 5.45. The van der Waals surface area contributed by atoms with E-state index < -0.39 is 5.97 Å². The van der Waals surface area contributed by atoms with Gasteiger partial charge in [0.05, 0.1) is 7.11 Å². The summed E-state index contributed by atoms with van der Waals surface area (Å²) in [6.07, 6.45) is 0. The van der Waals surface area contributed by atoms with Gasteiger partial charge in [0.25, 0.3) is 0 Å². The Balaban J connectivity index is 2.55. The highest BCUT2D eigenvalue weighted by molar-refractivity contribution is 6.31. The zero-order valence-corrected chi connectivity index (χ0v) is 10.5. The molecule has 0 radical (unpaired) electrons. The number of nitrogens with zero attached hydrogens (tertiary/aromatic N) is 1. The van der Waals surface area contributed by atoms with Gasteiger partial charge < -0.3 is 14.4 Å². The number of aromatic carboxylic acids is 1. The maximum Gasteiger partial charge on any atom is 0.374 e. The third kappa shape index (κ3) is 2.17. The molecule has 18 heavy (non-hydrogen) atoms. The van der Waals surface area contributed by atoms with E-state index in [0.29, 0.717) is 22.0 Å². The van der Waals surface area contributed by atoms with Crippen LogP contribution < -0.4 is 4.74 Å².